The van der Waals surface area contributed by atoms with Gasteiger partial charge in [0.2, 0.25) is 41.1 Å². The topological polar surface area (TPSA) is 30.9 Å². The van der Waals surface area contributed by atoms with Gasteiger partial charge in [-0.2, -0.15) is 8.78 Å². The van der Waals surface area contributed by atoms with Gasteiger partial charge >= 0.3 is 13.4 Å². The van der Waals surface area contributed by atoms with Crippen LogP contribution in [0.15, 0.2) is 30.6 Å². The Morgan fingerprint density at radius 1 is 0.938 bits per heavy atom. The Balaban J connectivity index is 0.000000536. The maximum atomic E-state index is 14.1. The van der Waals surface area contributed by atoms with E-state index in [9.17, 15) is 34.9 Å². The van der Waals surface area contributed by atoms with Crippen molar-refractivity contribution in [3.8, 4) is 5.69 Å². The van der Waals surface area contributed by atoms with Gasteiger partial charge in [0, 0.05) is 11.5 Å². The fourth-order valence-electron chi connectivity index (χ4n) is 3.82. The van der Waals surface area contributed by atoms with Crippen LogP contribution < -0.4 is 9.27 Å². The number of hydrogen-bond acceptors (Lipinski definition) is 2. The first-order valence-corrected chi connectivity index (χ1v) is 8.83. The zero-order valence-corrected chi connectivity index (χ0v) is 15.7. The van der Waals surface area contributed by atoms with Gasteiger partial charge in [-0.25, -0.2) is 17.7 Å². The van der Waals surface area contributed by atoms with Gasteiger partial charge in [0.15, 0.2) is 0 Å². The molecule has 32 heavy (non-hydrogen) atoms. The lowest BCUT2D eigenvalue weighted by Gasteiger charge is -2.23. The Labute approximate surface area is 174 Å². The van der Waals surface area contributed by atoms with Crippen molar-refractivity contribution in [1.82, 2.24) is 9.78 Å². The Kier molecular flexibility index (Phi) is 6.53. The van der Waals surface area contributed by atoms with Gasteiger partial charge in [0.05, 0.1) is 0 Å². The largest absolute Gasteiger partial charge is 1.00 e. The lowest BCUT2D eigenvalue weighted by atomic mass is 10.1. The first-order valence-electron chi connectivity index (χ1n) is 8.83. The molecule has 0 saturated carbocycles. The third-order valence-corrected chi connectivity index (χ3v) is 5.04. The van der Waals surface area contributed by atoms with Crippen molar-refractivity contribution < 1.29 is 48.9 Å². The molecule has 0 amide bonds. The number of aromatic nitrogens is 3. The van der Waals surface area contributed by atoms with Crippen LogP contribution in [0.3, 0.4) is 0 Å². The molecule has 0 spiro atoms. The van der Waals surface area contributed by atoms with E-state index < -0.39 is 42.3 Å². The summed E-state index contributed by atoms with van der Waals surface area (Å²) in [4.78, 5) is 0. The molecule has 0 bridgehead atoms. The van der Waals surface area contributed by atoms with Gasteiger partial charge in [-0.05, 0) is 11.1 Å². The standard InChI is InChI=1S/C18H11F5N3O.BF3.FH/c19-12-13(20)15(22)18(16(23)14(12)21)26-7-25-11(24-26)6-27-10-5-8-3-1-2-4-9(8)17(10)25;2-1(3)4;/h1-4,7,10,17H,5-6H2;;1H/q+1;;/p-1. The van der Waals surface area contributed by atoms with Crippen LogP contribution in [-0.2, 0) is 17.8 Å². The number of benzene rings is 2. The van der Waals surface area contributed by atoms with Crippen molar-refractivity contribution in [3.05, 3.63) is 76.6 Å². The maximum absolute atomic E-state index is 14.1. The highest BCUT2D eigenvalue weighted by atomic mass is 19.4. The predicted molar refractivity (Wildman–Crippen MR) is 89.5 cm³/mol. The van der Waals surface area contributed by atoms with E-state index in [1.165, 1.54) is 6.33 Å². The molecule has 0 saturated heterocycles. The normalized spacial score (nSPS) is 18.0. The minimum atomic E-state index is -3.67. The summed E-state index contributed by atoms with van der Waals surface area (Å²) < 4.78 is 106. The van der Waals surface area contributed by atoms with E-state index in [-0.39, 0.29) is 23.5 Å². The van der Waals surface area contributed by atoms with Gasteiger partial charge in [-0.1, -0.05) is 28.9 Å². The summed E-state index contributed by atoms with van der Waals surface area (Å²) in [6.45, 7) is 0.0670. The van der Waals surface area contributed by atoms with E-state index in [4.69, 9.17) is 4.74 Å². The average Bonchev–Trinajstić information content (AvgIpc) is 3.31. The molecule has 2 aliphatic rings. The van der Waals surface area contributed by atoms with Gasteiger partial charge in [-0.15, -0.1) is 0 Å². The lowest BCUT2D eigenvalue weighted by Crippen LogP contribution is -3.00. The Bertz CT molecular complexity index is 1130. The van der Waals surface area contributed by atoms with Crippen molar-refractivity contribution in [3.63, 3.8) is 0 Å². The number of halogens is 9. The first kappa shape index (κ1) is 23.6. The molecular formula is C18H11BF9N3O. The summed E-state index contributed by atoms with van der Waals surface area (Å²) in [7, 11) is -3.67. The summed E-state index contributed by atoms with van der Waals surface area (Å²) in [5, 5.41) is 4.01. The summed E-state index contributed by atoms with van der Waals surface area (Å²) in [5.74, 6) is -9.76. The molecule has 0 fully saturated rings. The quantitative estimate of drug-likeness (QED) is 0.174. The fraction of sp³-hybridized carbons (Fsp3) is 0.222. The molecule has 0 radical (unpaired) electrons. The highest BCUT2D eigenvalue weighted by Gasteiger charge is 2.44. The van der Waals surface area contributed by atoms with Crippen LogP contribution in [0.1, 0.15) is 23.0 Å². The third kappa shape index (κ3) is 3.83. The maximum Gasteiger partial charge on any atom is 0.762 e. The monoisotopic (exact) mass is 467 g/mol. The Morgan fingerprint density at radius 2 is 1.50 bits per heavy atom. The highest BCUT2D eigenvalue weighted by Crippen LogP contribution is 2.36. The molecule has 170 valence electrons. The summed E-state index contributed by atoms with van der Waals surface area (Å²) in [5.41, 5.74) is 0.943. The number of nitrogens with zero attached hydrogens (tertiary/aromatic N) is 3. The smallest absolute Gasteiger partial charge is 0.762 e. The van der Waals surface area contributed by atoms with E-state index >= 15 is 0 Å². The molecule has 2 atom stereocenters. The zero-order valence-electron chi connectivity index (χ0n) is 15.7. The average molecular weight is 467 g/mol. The van der Waals surface area contributed by atoms with Crippen molar-refractivity contribution in [2.24, 2.45) is 0 Å². The summed E-state index contributed by atoms with van der Waals surface area (Å²) in [6.07, 6.45) is 1.73. The second-order valence-corrected chi connectivity index (χ2v) is 6.75. The molecule has 0 N–H and O–H groups in total. The summed E-state index contributed by atoms with van der Waals surface area (Å²) >= 11 is 0. The summed E-state index contributed by atoms with van der Waals surface area (Å²) in [6, 6.07) is 7.37. The molecule has 2 aromatic carbocycles. The van der Waals surface area contributed by atoms with Crippen LogP contribution >= 0.6 is 0 Å². The molecule has 1 aromatic heterocycles. The van der Waals surface area contributed by atoms with Gasteiger partial charge in [0.1, 0.15) is 18.8 Å². The van der Waals surface area contributed by atoms with Crippen LogP contribution in [-0.4, -0.2) is 23.4 Å². The number of ether oxygens (including phenoxy) is 1. The zero-order chi connectivity index (χ0) is 22.4. The first-order chi connectivity index (χ1) is 14.7. The Morgan fingerprint density at radius 3 is 2.12 bits per heavy atom. The predicted octanol–water partition coefficient (Wildman–Crippen LogP) is 0.783. The molecular weight excluding hydrogens is 456 g/mol. The molecule has 5 rings (SSSR count). The third-order valence-electron chi connectivity index (χ3n) is 5.04. The van der Waals surface area contributed by atoms with Gasteiger partial charge in [-0.3, -0.25) is 12.9 Å². The minimum Gasteiger partial charge on any atom is -1.00 e. The molecule has 14 heteroatoms. The van der Waals surface area contributed by atoms with Crippen LogP contribution in [0.2, 0.25) is 0 Å². The van der Waals surface area contributed by atoms with Crippen molar-refractivity contribution in [2.75, 3.05) is 0 Å². The van der Waals surface area contributed by atoms with E-state index in [2.05, 4.69) is 5.10 Å². The molecule has 1 aliphatic carbocycles. The molecule has 2 heterocycles. The van der Waals surface area contributed by atoms with Crippen molar-refractivity contribution in [1.29, 1.82) is 0 Å². The van der Waals surface area contributed by atoms with Gasteiger partial charge in [0.25, 0.3) is 0 Å². The number of hydrogen-bond donors (Lipinski definition) is 0. The van der Waals surface area contributed by atoms with E-state index in [0.717, 1.165) is 11.1 Å². The number of fused-ring (bicyclic) bond motifs is 5. The van der Waals surface area contributed by atoms with E-state index in [1.807, 2.05) is 24.3 Å². The molecule has 3 aromatic rings. The molecule has 4 nitrogen and oxygen atoms in total. The van der Waals surface area contributed by atoms with Crippen molar-refractivity contribution >= 4 is 7.54 Å². The lowest BCUT2D eigenvalue weighted by molar-refractivity contribution is -0.739. The fourth-order valence-corrected chi connectivity index (χ4v) is 3.82. The Hall–Kier alpha value is -3.03. The van der Waals surface area contributed by atoms with Crippen LogP contribution in [0.5, 0.6) is 0 Å². The highest BCUT2D eigenvalue weighted by molar-refractivity contribution is 6.33. The van der Waals surface area contributed by atoms with Crippen LogP contribution in [0.4, 0.5) is 34.9 Å². The van der Waals surface area contributed by atoms with Crippen molar-refractivity contribution in [2.45, 2.75) is 25.2 Å². The molecule has 2 unspecified atom stereocenters. The minimum absolute atomic E-state index is 0. The van der Waals surface area contributed by atoms with Crippen LogP contribution in [0, 0.1) is 29.1 Å². The van der Waals surface area contributed by atoms with Crippen LogP contribution in [0.25, 0.3) is 5.69 Å². The van der Waals surface area contributed by atoms with E-state index in [1.54, 1.807) is 4.57 Å². The number of rotatable bonds is 1. The molecule has 1 aliphatic heterocycles. The van der Waals surface area contributed by atoms with Gasteiger partial charge < -0.3 is 9.44 Å². The second-order valence-electron chi connectivity index (χ2n) is 6.75. The SMILES string of the molecule is FB(F)F.Fc1c(F)c(F)c(-n2c[n+]3c(n2)COC2Cc4ccccc4C23)c(F)c1F.[F-]. The van der Waals surface area contributed by atoms with E-state index in [0.29, 0.717) is 16.9 Å². The second kappa shape index (κ2) is 8.84.